The molecule has 2 atom stereocenters. The van der Waals surface area contributed by atoms with Crippen LogP contribution in [0.1, 0.15) is 51.5 Å². The lowest BCUT2D eigenvalue weighted by molar-refractivity contribution is -0.114. The van der Waals surface area contributed by atoms with Crippen molar-refractivity contribution in [2.45, 2.75) is 64.6 Å². The van der Waals surface area contributed by atoms with Crippen LogP contribution in [0.5, 0.6) is 11.5 Å². The molecule has 1 aliphatic heterocycles. The second-order valence-electron chi connectivity index (χ2n) is 11.0. The molecule has 238 valence electrons. The molecule has 0 spiro atoms. The van der Waals surface area contributed by atoms with Crippen molar-refractivity contribution in [2.75, 3.05) is 28.2 Å². The molecule has 4 N–H and O–H groups in total. The number of carbonyl (C=O) groups excluding carboxylic acids is 2. The summed E-state index contributed by atoms with van der Waals surface area (Å²) in [5.74, 6) is 1.15. The SMILES string of the molecule is CCCCC1CC(NC(=O)Nc2cccc(NC(C)=O)c2)CCN1Cc1ccc(Oc2ccc(NS(C)(=O)=O)cc2)cc1.Cl. The van der Waals surface area contributed by atoms with Gasteiger partial charge in [0.15, 0.2) is 0 Å². The Morgan fingerprint density at radius 1 is 0.932 bits per heavy atom. The Hall–Kier alpha value is -3.80. The number of halogens is 1. The standard InChI is InChI=1S/C32H41N5O5S.ClH/c1-4-5-9-29-21-28(35-32(39)34-27-8-6-7-26(20-27)33-23(2)38)18-19-37(29)22-24-10-14-30(15-11-24)42-31-16-12-25(13-17-31)36-43(3,40)41;/h6-8,10-17,20,28-29,36H,4-5,9,18-19,21-22H2,1-3H3,(H,33,38)(H2,34,35,39);1H. The smallest absolute Gasteiger partial charge is 0.319 e. The topological polar surface area (TPSA) is 129 Å². The third kappa shape index (κ3) is 11.4. The number of hydrogen-bond acceptors (Lipinski definition) is 6. The van der Waals surface area contributed by atoms with Crippen molar-refractivity contribution in [3.63, 3.8) is 0 Å². The first-order chi connectivity index (χ1) is 20.6. The Labute approximate surface area is 266 Å². The molecule has 44 heavy (non-hydrogen) atoms. The van der Waals surface area contributed by atoms with Crippen molar-refractivity contribution < 1.29 is 22.7 Å². The van der Waals surface area contributed by atoms with Gasteiger partial charge in [-0.2, -0.15) is 0 Å². The molecule has 12 heteroatoms. The van der Waals surface area contributed by atoms with E-state index in [4.69, 9.17) is 4.74 Å². The molecule has 0 bridgehead atoms. The zero-order valence-corrected chi connectivity index (χ0v) is 27.0. The molecule has 0 saturated carbocycles. The van der Waals surface area contributed by atoms with Gasteiger partial charge in [0.2, 0.25) is 15.9 Å². The molecule has 3 aromatic carbocycles. The molecule has 3 amide bonds. The molecule has 1 fully saturated rings. The Balaban J connectivity index is 0.00000529. The fourth-order valence-electron chi connectivity index (χ4n) is 5.25. The van der Waals surface area contributed by atoms with Gasteiger partial charge in [0.05, 0.1) is 6.26 Å². The van der Waals surface area contributed by atoms with Crippen LogP contribution >= 0.6 is 12.4 Å². The number of nitrogens with zero attached hydrogens (tertiary/aromatic N) is 1. The monoisotopic (exact) mass is 643 g/mol. The highest BCUT2D eigenvalue weighted by Gasteiger charge is 2.29. The Morgan fingerprint density at radius 3 is 2.18 bits per heavy atom. The summed E-state index contributed by atoms with van der Waals surface area (Å²) in [6, 6.07) is 22.1. The second-order valence-corrected chi connectivity index (χ2v) is 12.7. The van der Waals surface area contributed by atoms with Gasteiger partial charge < -0.3 is 20.7 Å². The number of carbonyl (C=O) groups is 2. The number of piperidine rings is 1. The van der Waals surface area contributed by atoms with Crippen molar-refractivity contribution in [3.8, 4) is 11.5 Å². The van der Waals surface area contributed by atoms with E-state index in [0.29, 0.717) is 34.6 Å². The van der Waals surface area contributed by atoms with Crippen molar-refractivity contribution >= 4 is 51.4 Å². The maximum Gasteiger partial charge on any atom is 0.319 e. The van der Waals surface area contributed by atoms with Crippen LogP contribution in [0.15, 0.2) is 72.8 Å². The number of amides is 3. The van der Waals surface area contributed by atoms with Gasteiger partial charge >= 0.3 is 6.03 Å². The maximum atomic E-state index is 12.8. The number of rotatable bonds is 12. The van der Waals surface area contributed by atoms with Gasteiger partial charge in [-0.25, -0.2) is 13.2 Å². The summed E-state index contributed by atoms with van der Waals surface area (Å²) in [6.45, 7) is 5.34. The zero-order chi connectivity index (χ0) is 30.8. The summed E-state index contributed by atoms with van der Waals surface area (Å²) in [6.07, 6.45) is 6.16. The summed E-state index contributed by atoms with van der Waals surface area (Å²) < 4.78 is 31.2. The Kier molecular flexibility index (Phi) is 12.9. The predicted octanol–water partition coefficient (Wildman–Crippen LogP) is 6.58. The van der Waals surface area contributed by atoms with Crippen LogP contribution in [0.25, 0.3) is 0 Å². The van der Waals surface area contributed by atoms with Crippen molar-refractivity contribution in [1.82, 2.24) is 10.2 Å². The van der Waals surface area contributed by atoms with Crippen LogP contribution in [0.3, 0.4) is 0 Å². The minimum absolute atomic E-state index is 0. The summed E-state index contributed by atoms with van der Waals surface area (Å²) in [7, 11) is -3.33. The first-order valence-corrected chi connectivity index (χ1v) is 16.5. The number of nitrogens with one attached hydrogen (secondary N) is 4. The third-order valence-electron chi connectivity index (χ3n) is 7.21. The fraction of sp³-hybridized carbons (Fsp3) is 0.375. The van der Waals surface area contributed by atoms with Gasteiger partial charge in [-0.3, -0.25) is 14.4 Å². The highest BCUT2D eigenvalue weighted by molar-refractivity contribution is 7.92. The van der Waals surface area contributed by atoms with E-state index < -0.39 is 10.0 Å². The summed E-state index contributed by atoms with van der Waals surface area (Å²) in [5, 5.41) is 8.77. The van der Waals surface area contributed by atoms with Gasteiger partial charge in [-0.15, -0.1) is 12.4 Å². The lowest BCUT2D eigenvalue weighted by Gasteiger charge is -2.40. The van der Waals surface area contributed by atoms with Crippen LogP contribution in [-0.2, 0) is 21.4 Å². The average molecular weight is 644 g/mol. The molecule has 0 aliphatic carbocycles. The quantitative estimate of drug-likeness (QED) is 0.177. The van der Waals surface area contributed by atoms with E-state index in [1.54, 1.807) is 48.5 Å². The number of urea groups is 1. The molecule has 10 nitrogen and oxygen atoms in total. The average Bonchev–Trinajstić information content (AvgIpc) is 2.94. The van der Waals surface area contributed by atoms with Crippen LogP contribution in [0.2, 0.25) is 0 Å². The number of unbranched alkanes of at least 4 members (excludes halogenated alkanes) is 1. The maximum absolute atomic E-state index is 12.8. The molecular weight excluding hydrogens is 602 g/mol. The van der Waals surface area contributed by atoms with Gasteiger partial charge in [-0.05, 0) is 79.4 Å². The van der Waals surface area contributed by atoms with Crippen LogP contribution in [0, 0.1) is 0 Å². The van der Waals surface area contributed by atoms with Crippen molar-refractivity contribution in [3.05, 3.63) is 78.4 Å². The lowest BCUT2D eigenvalue weighted by atomic mass is 9.93. The number of anilines is 3. The largest absolute Gasteiger partial charge is 0.457 e. The number of ether oxygens (including phenoxy) is 1. The van der Waals surface area contributed by atoms with Crippen molar-refractivity contribution in [1.29, 1.82) is 0 Å². The fourth-order valence-corrected chi connectivity index (χ4v) is 5.81. The molecule has 1 aliphatic rings. The second kappa shape index (κ2) is 16.3. The van der Waals surface area contributed by atoms with E-state index in [9.17, 15) is 18.0 Å². The van der Waals surface area contributed by atoms with Gasteiger partial charge in [0.1, 0.15) is 11.5 Å². The molecule has 2 unspecified atom stereocenters. The third-order valence-corrected chi connectivity index (χ3v) is 7.81. The lowest BCUT2D eigenvalue weighted by Crippen LogP contribution is -2.50. The van der Waals surface area contributed by atoms with E-state index in [1.807, 2.05) is 12.1 Å². The van der Waals surface area contributed by atoms with E-state index in [0.717, 1.165) is 51.4 Å². The van der Waals surface area contributed by atoms with Gasteiger partial charge in [0.25, 0.3) is 0 Å². The molecule has 0 radical (unpaired) electrons. The van der Waals surface area contributed by atoms with Gasteiger partial charge in [0, 0.05) is 49.2 Å². The van der Waals surface area contributed by atoms with Crippen LogP contribution < -0.4 is 25.4 Å². The highest BCUT2D eigenvalue weighted by Crippen LogP contribution is 2.27. The van der Waals surface area contributed by atoms with E-state index in [1.165, 1.54) is 12.5 Å². The van der Waals surface area contributed by atoms with E-state index in [2.05, 4.69) is 44.6 Å². The minimum Gasteiger partial charge on any atom is -0.457 e. The Bertz CT molecular complexity index is 1490. The minimum atomic E-state index is -3.33. The Morgan fingerprint density at radius 2 is 1.57 bits per heavy atom. The summed E-state index contributed by atoms with van der Waals surface area (Å²) in [5.41, 5.74) is 2.92. The first kappa shape index (κ1) is 34.7. The molecule has 0 aromatic heterocycles. The summed E-state index contributed by atoms with van der Waals surface area (Å²) >= 11 is 0. The predicted molar refractivity (Wildman–Crippen MR) is 178 cm³/mol. The van der Waals surface area contributed by atoms with E-state index >= 15 is 0 Å². The molecule has 1 saturated heterocycles. The molecular formula is C32H42ClN5O5S. The van der Waals surface area contributed by atoms with Crippen LogP contribution in [-0.4, -0.2) is 50.1 Å². The van der Waals surface area contributed by atoms with E-state index in [-0.39, 0.29) is 30.4 Å². The first-order valence-electron chi connectivity index (χ1n) is 14.6. The number of likely N-dealkylation sites (tertiary alicyclic amines) is 1. The number of sulfonamides is 1. The van der Waals surface area contributed by atoms with Crippen molar-refractivity contribution in [2.24, 2.45) is 0 Å². The van der Waals surface area contributed by atoms with Gasteiger partial charge in [-0.1, -0.05) is 38.0 Å². The summed E-state index contributed by atoms with van der Waals surface area (Å²) in [4.78, 5) is 26.6. The number of hydrogen-bond donors (Lipinski definition) is 4. The molecule has 1 heterocycles. The van der Waals surface area contributed by atoms with Crippen LogP contribution in [0.4, 0.5) is 21.9 Å². The number of benzene rings is 3. The zero-order valence-electron chi connectivity index (χ0n) is 25.3. The molecule has 3 aromatic rings. The normalized spacial score (nSPS) is 16.7. The molecule has 4 rings (SSSR count). The highest BCUT2D eigenvalue weighted by atomic mass is 35.5.